The van der Waals surface area contributed by atoms with Crippen molar-refractivity contribution in [2.75, 3.05) is 39.3 Å². The zero-order chi connectivity index (χ0) is 22.7. The molecule has 2 amide bonds. The van der Waals surface area contributed by atoms with Gasteiger partial charge >= 0.3 is 0 Å². The number of rotatable bonds is 4. The van der Waals surface area contributed by atoms with Crippen LogP contribution in [-0.4, -0.2) is 83.0 Å². The predicted molar refractivity (Wildman–Crippen MR) is 126 cm³/mol. The number of hydrogen-bond acceptors (Lipinski definition) is 4. The summed E-state index contributed by atoms with van der Waals surface area (Å²) in [6.07, 6.45) is 2.67. The summed E-state index contributed by atoms with van der Waals surface area (Å²) in [5, 5.41) is 11.8. The van der Waals surface area contributed by atoms with E-state index in [1.54, 1.807) is 47.4 Å². The van der Waals surface area contributed by atoms with Gasteiger partial charge in [0.2, 0.25) is 5.91 Å². The first-order valence-electron chi connectivity index (χ1n) is 10.6. The van der Waals surface area contributed by atoms with E-state index in [9.17, 15) is 14.7 Å². The van der Waals surface area contributed by atoms with Crippen molar-refractivity contribution in [3.63, 3.8) is 0 Å². The minimum absolute atomic E-state index is 0.0163. The minimum Gasteiger partial charge on any atom is -0.390 e. The van der Waals surface area contributed by atoms with Crippen molar-refractivity contribution in [3.8, 4) is 0 Å². The largest absolute Gasteiger partial charge is 0.390 e. The molecule has 6 nitrogen and oxygen atoms in total. The van der Waals surface area contributed by atoms with E-state index < -0.39 is 6.10 Å². The molecule has 2 aliphatic rings. The van der Waals surface area contributed by atoms with Crippen LogP contribution in [0.15, 0.2) is 54.6 Å². The highest BCUT2D eigenvalue weighted by Crippen LogP contribution is 2.20. The molecule has 1 N–H and O–H groups in total. The van der Waals surface area contributed by atoms with E-state index in [2.05, 4.69) is 4.90 Å². The molecule has 32 heavy (non-hydrogen) atoms. The Kier molecular flexibility index (Phi) is 7.16. The van der Waals surface area contributed by atoms with E-state index in [4.69, 9.17) is 23.2 Å². The number of amides is 2. The number of benzene rings is 2. The first-order valence-corrected chi connectivity index (χ1v) is 11.4. The SMILES string of the molecule is O=C(/C=C/c1ccc(Cl)cc1)N1CC(O)C(N2CCN(C(=O)c3ccc(Cl)cc3)CC2)C1. The molecule has 0 saturated carbocycles. The summed E-state index contributed by atoms with van der Waals surface area (Å²) in [6, 6.07) is 14.0. The topological polar surface area (TPSA) is 64.1 Å². The fourth-order valence-electron chi connectivity index (χ4n) is 4.19. The molecule has 4 rings (SSSR count). The predicted octanol–water partition coefficient (Wildman–Crippen LogP) is 3.04. The zero-order valence-corrected chi connectivity index (χ0v) is 19.0. The molecule has 2 aromatic carbocycles. The molecule has 8 heteroatoms. The van der Waals surface area contributed by atoms with Crippen LogP contribution in [0.3, 0.4) is 0 Å². The number of β-amino-alcohol motifs (C(OH)–C–C–N with tert-alkyl or cyclic N) is 1. The normalized spacial score (nSPS) is 22.0. The zero-order valence-electron chi connectivity index (χ0n) is 17.5. The van der Waals surface area contributed by atoms with Crippen LogP contribution in [-0.2, 0) is 4.79 Å². The maximum Gasteiger partial charge on any atom is 0.253 e. The second kappa shape index (κ2) is 10.0. The molecule has 2 atom stereocenters. The van der Waals surface area contributed by atoms with Gasteiger partial charge in [-0.05, 0) is 48.0 Å². The summed E-state index contributed by atoms with van der Waals surface area (Å²) in [5.41, 5.74) is 1.51. The monoisotopic (exact) mass is 473 g/mol. The highest BCUT2D eigenvalue weighted by molar-refractivity contribution is 6.30. The molecule has 0 aliphatic carbocycles. The molecule has 2 aromatic rings. The summed E-state index contributed by atoms with van der Waals surface area (Å²) >= 11 is 11.8. The summed E-state index contributed by atoms with van der Waals surface area (Å²) in [7, 11) is 0. The number of aliphatic hydroxyl groups excluding tert-OH is 1. The molecule has 0 spiro atoms. The van der Waals surface area contributed by atoms with Gasteiger partial charge in [0.05, 0.1) is 12.1 Å². The van der Waals surface area contributed by atoms with Gasteiger partial charge in [-0.3, -0.25) is 14.5 Å². The molecule has 0 radical (unpaired) electrons. The number of piperazine rings is 1. The molecule has 2 fully saturated rings. The lowest BCUT2D eigenvalue weighted by Crippen LogP contribution is -2.54. The van der Waals surface area contributed by atoms with Gasteiger partial charge in [0.1, 0.15) is 0 Å². The Morgan fingerprint density at radius 2 is 1.44 bits per heavy atom. The Bertz CT molecular complexity index is 987. The molecular formula is C24H25Cl2N3O3. The van der Waals surface area contributed by atoms with Gasteiger partial charge in [0.15, 0.2) is 0 Å². The van der Waals surface area contributed by atoms with Crippen molar-refractivity contribution in [1.29, 1.82) is 0 Å². The lowest BCUT2D eigenvalue weighted by molar-refractivity contribution is -0.125. The van der Waals surface area contributed by atoms with Gasteiger partial charge in [-0.1, -0.05) is 35.3 Å². The van der Waals surface area contributed by atoms with Crippen molar-refractivity contribution in [3.05, 3.63) is 75.8 Å². The third-order valence-electron chi connectivity index (χ3n) is 6.02. The third kappa shape index (κ3) is 5.33. The summed E-state index contributed by atoms with van der Waals surface area (Å²) in [5.74, 6) is -0.143. The molecule has 168 valence electrons. The average molecular weight is 474 g/mol. The third-order valence-corrected chi connectivity index (χ3v) is 6.52. The van der Waals surface area contributed by atoms with Crippen LogP contribution in [0.1, 0.15) is 15.9 Å². The van der Waals surface area contributed by atoms with Crippen LogP contribution in [0.25, 0.3) is 6.08 Å². The van der Waals surface area contributed by atoms with Crippen LogP contribution in [0.4, 0.5) is 0 Å². The molecule has 0 aromatic heterocycles. The van der Waals surface area contributed by atoms with Crippen molar-refractivity contribution in [2.24, 2.45) is 0 Å². The van der Waals surface area contributed by atoms with Crippen molar-refractivity contribution >= 4 is 41.1 Å². The Labute approximate surface area is 197 Å². The number of aliphatic hydroxyl groups is 1. The lowest BCUT2D eigenvalue weighted by Gasteiger charge is -2.38. The van der Waals surface area contributed by atoms with Gasteiger partial charge in [-0.15, -0.1) is 0 Å². The van der Waals surface area contributed by atoms with E-state index in [0.717, 1.165) is 5.56 Å². The van der Waals surface area contributed by atoms with Gasteiger partial charge in [0, 0.05) is 61.0 Å². The maximum atomic E-state index is 12.7. The Morgan fingerprint density at radius 1 is 0.844 bits per heavy atom. The number of hydrogen-bond donors (Lipinski definition) is 1. The Hall–Kier alpha value is -2.38. The second-order valence-corrected chi connectivity index (χ2v) is 8.97. The first-order chi connectivity index (χ1) is 15.4. The molecule has 0 bridgehead atoms. The molecule has 2 saturated heterocycles. The average Bonchev–Trinajstić information content (AvgIpc) is 3.20. The van der Waals surface area contributed by atoms with Crippen molar-refractivity contribution in [1.82, 2.24) is 14.7 Å². The van der Waals surface area contributed by atoms with Crippen molar-refractivity contribution in [2.45, 2.75) is 12.1 Å². The van der Waals surface area contributed by atoms with Gasteiger partial charge < -0.3 is 14.9 Å². The highest BCUT2D eigenvalue weighted by atomic mass is 35.5. The highest BCUT2D eigenvalue weighted by Gasteiger charge is 2.38. The van der Waals surface area contributed by atoms with E-state index in [1.807, 2.05) is 17.0 Å². The van der Waals surface area contributed by atoms with Gasteiger partial charge in [-0.2, -0.15) is 0 Å². The maximum absolute atomic E-state index is 12.7. The second-order valence-electron chi connectivity index (χ2n) is 8.10. The summed E-state index contributed by atoms with van der Waals surface area (Å²) < 4.78 is 0. The quantitative estimate of drug-likeness (QED) is 0.693. The number of nitrogens with zero attached hydrogens (tertiary/aromatic N) is 3. The Morgan fingerprint density at radius 3 is 2.06 bits per heavy atom. The summed E-state index contributed by atoms with van der Waals surface area (Å²) in [6.45, 7) is 3.24. The number of halogens is 2. The van der Waals surface area contributed by atoms with E-state index in [0.29, 0.717) is 54.9 Å². The fourth-order valence-corrected chi connectivity index (χ4v) is 4.44. The van der Waals surface area contributed by atoms with Gasteiger partial charge in [-0.25, -0.2) is 0 Å². The lowest BCUT2D eigenvalue weighted by atomic mass is 10.1. The van der Waals surface area contributed by atoms with Crippen LogP contribution >= 0.6 is 23.2 Å². The minimum atomic E-state index is -0.610. The number of likely N-dealkylation sites (tertiary alicyclic amines) is 1. The Balaban J connectivity index is 1.30. The van der Waals surface area contributed by atoms with Crippen LogP contribution < -0.4 is 0 Å². The molecule has 2 aliphatic heterocycles. The molecular weight excluding hydrogens is 449 g/mol. The standard InChI is InChI=1S/C24H25Cl2N3O3/c25-19-6-1-17(2-7-19)3-10-23(31)29-15-21(22(30)16-29)27-11-13-28(14-12-27)24(32)18-4-8-20(26)9-5-18/h1-10,21-22,30H,11-16H2/b10-3+. The molecule has 2 heterocycles. The fraction of sp³-hybridized carbons (Fsp3) is 0.333. The van der Waals surface area contributed by atoms with Gasteiger partial charge in [0.25, 0.3) is 5.91 Å². The van der Waals surface area contributed by atoms with Crippen LogP contribution in [0.2, 0.25) is 10.0 Å². The smallest absolute Gasteiger partial charge is 0.253 e. The van der Waals surface area contributed by atoms with Crippen LogP contribution in [0.5, 0.6) is 0 Å². The van der Waals surface area contributed by atoms with E-state index in [-0.39, 0.29) is 17.9 Å². The van der Waals surface area contributed by atoms with E-state index >= 15 is 0 Å². The first kappa shape index (κ1) is 22.8. The number of carbonyl (C=O) groups is 2. The molecule has 2 unspecified atom stereocenters. The number of carbonyl (C=O) groups excluding carboxylic acids is 2. The summed E-state index contributed by atoms with van der Waals surface area (Å²) in [4.78, 5) is 31.0. The van der Waals surface area contributed by atoms with E-state index in [1.165, 1.54) is 6.08 Å². The van der Waals surface area contributed by atoms with Crippen LogP contribution in [0, 0.1) is 0 Å². The van der Waals surface area contributed by atoms with Crippen molar-refractivity contribution < 1.29 is 14.7 Å².